The van der Waals surface area contributed by atoms with Crippen LogP contribution in [0.25, 0.3) is 0 Å². The van der Waals surface area contributed by atoms with Gasteiger partial charge in [0.05, 0.1) is 11.5 Å². The lowest BCUT2D eigenvalue weighted by atomic mass is 9.99. The maximum atomic E-state index is 12.0. The minimum atomic E-state index is -3.08. The largest absolute Gasteiger partial charge is 0.480 e. The SMILES string of the molecule is CCC(C)(NC(=O)N(C)C1CCS(=O)(=O)C1)C(=O)O. The van der Waals surface area contributed by atoms with Gasteiger partial charge in [0.15, 0.2) is 9.84 Å². The van der Waals surface area contributed by atoms with Gasteiger partial charge in [0.25, 0.3) is 0 Å². The van der Waals surface area contributed by atoms with Crippen molar-refractivity contribution in [3.63, 3.8) is 0 Å². The van der Waals surface area contributed by atoms with Gasteiger partial charge in [-0.25, -0.2) is 18.0 Å². The molecule has 0 aromatic heterocycles. The smallest absolute Gasteiger partial charge is 0.329 e. The summed E-state index contributed by atoms with van der Waals surface area (Å²) in [4.78, 5) is 24.4. The van der Waals surface area contributed by atoms with Gasteiger partial charge in [-0.3, -0.25) is 0 Å². The lowest BCUT2D eigenvalue weighted by molar-refractivity contribution is -0.143. The van der Waals surface area contributed by atoms with Crippen molar-refractivity contribution in [1.29, 1.82) is 0 Å². The Bertz CT molecular complexity index is 475. The van der Waals surface area contributed by atoms with Gasteiger partial charge in [-0.1, -0.05) is 6.92 Å². The third-order valence-electron chi connectivity index (χ3n) is 3.64. The minimum absolute atomic E-state index is 0.0627. The number of nitrogens with one attached hydrogen (secondary N) is 1. The van der Waals surface area contributed by atoms with Crippen molar-refractivity contribution >= 4 is 21.8 Å². The molecule has 110 valence electrons. The maximum Gasteiger partial charge on any atom is 0.329 e. The number of hydrogen-bond acceptors (Lipinski definition) is 4. The number of hydrogen-bond donors (Lipinski definition) is 2. The molecule has 2 atom stereocenters. The molecule has 2 unspecified atom stereocenters. The number of amides is 2. The Morgan fingerprint density at radius 3 is 2.42 bits per heavy atom. The molecule has 0 saturated carbocycles. The molecule has 1 aliphatic heterocycles. The molecule has 0 radical (unpaired) electrons. The van der Waals surface area contributed by atoms with E-state index in [1.54, 1.807) is 6.92 Å². The summed E-state index contributed by atoms with van der Waals surface area (Å²) in [5.74, 6) is -1.11. The molecule has 19 heavy (non-hydrogen) atoms. The summed E-state index contributed by atoms with van der Waals surface area (Å²) in [5.41, 5.74) is -1.34. The summed E-state index contributed by atoms with van der Waals surface area (Å²) in [5, 5.41) is 11.5. The van der Waals surface area contributed by atoms with Gasteiger partial charge in [-0.2, -0.15) is 0 Å². The lowest BCUT2D eigenvalue weighted by Gasteiger charge is -2.30. The van der Waals surface area contributed by atoms with E-state index in [1.165, 1.54) is 18.9 Å². The normalized spacial score (nSPS) is 24.5. The molecule has 1 saturated heterocycles. The Morgan fingerprint density at radius 1 is 1.47 bits per heavy atom. The van der Waals surface area contributed by atoms with E-state index in [0.29, 0.717) is 6.42 Å². The van der Waals surface area contributed by atoms with Crippen LogP contribution in [0.5, 0.6) is 0 Å². The molecule has 2 N–H and O–H groups in total. The van der Waals surface area contributed by atoms with Gasteiger partial charge < -0.3 is 15.3 Å². The Labute approximate surface area is 112 Å². The second kappa shape index (κ2) is 5.36. The number of nitrogens with zero attached hydrogens (tertiary/aromatic N) is 1. The summed E-state index contributed by atoms with van der Waals surface area (Å²) in [6.07, 6.45) is 0.632. The number of urea groups is 1. The fraction of sp³-hybridized carbons (Fsp3) is 0.818. The topological polar surface area (TPSA) is 104 Å². The van der Waals surface area contributed by atoms with Gasteiger partial charge in [0.2, 0.25) is 0 Å². The predicted molar refractivity (Wildman–Crippen MR) is 69.7 cm³/mol. The second-order valence-electron chi connectivity index (χ2n) is 5.09. The molecule has 0 aliphatic carbocycles. The van der Waals surface area contributed by atoms with E-state index in [0.717, 1.165) is 0 Å². The van der Waals surface area contributed by atoms with E-state index in [-0.39, 0.29) is 24.0 Å². The van der Waals surface area contributed by atoms with Gasteiger partial charge >= 0.3 is 12.0 Å². The highest BCUT2D eigenvalue weighted by molar-refractivity contribution is 7.91. The average Bonchev–Trinajstić information content (AvgIpc) is 2.68. The Balaban J connectivity index is 2.71. The van der Waals surface area contributed by atoms with Crippen LogP contribution in [0.2, 0.25) is 0 Å². The van der Waals surface area contributed by atoms with Gasteiger partial charge in [0.1, 0.15) is 5.54 Å². The zero-order valence-corrected chi connectivity index (χ0v) is 12.2. The summed E-state index contributed by atoms with van der Waals surface area (Å²) in [6.45, 7) is 3.08. The first-order valence-electron chi connectivity index (χ1n) is 6.10. The first-order chi connectivity index (χ1) is 8.61. The number of carbonyl (C=O) groups is 2. The summed E-state index contributed by atoms with van der Waals surface area (Å²) in [7, 11) is -1.59. The van der Waals surface area contributed by atoms with Gasteiger partial charge in [-0.05, 0) is 19.8 Å². The monoisotopic (exact) mass is 292 g/mol. The molecule has 0 aromatic rings. The highest BCUT2D eigenvalue weighted by atomic mass is 32.2. The molecule has 7 nitrogen and oxygen atoms in total. The van der Waals surface area contributed by atoms with Crippen molar-refractivity contribution in [2.45, 2.75) is 38.3 Å². The maximum absolute atomic E-state index is 12.0. The lowest BCUT2D eigenvalue weighted by Crippen LogP contribution is -2.56. The number of aliphatic carboxylic acids is 1. The quantitative estimate of drug-likeness (QED) is 0.763. The first kappa shape index (κ1) is 15.7. The van der Waals surface area contributed by atoms with Crippen molar-refractivity contribution < 1.29 is 23.1 Å². The standard InChI is InChI=1S/C11H20N2O5S/c1-4-11(2,9(14)15)12-10(16)13(3)8-5-6-19(17,18)7-8/h8H,4-7H2,1-3H3,(H,12,16)(H,14,15). The number of sulfone groups is 1. The summed E-state index contributed by atoms with van der Waals surface area (Å²) in [6, 6.07) is -0.950. The highest BCUT2D eigenvalue weighted by Crippen LogP contribution is 2.17. The number of rotatable bonds is 4. The Hall–Kier alpha value is -1.31. The first-order valence-corrected chi connectivity index (χ1v) is 7.92. The molecule has 1 aliphatic rings. The molecular formula is C11H20N2O5S. The minimum Gasteiger partial charge on any atom is -0.480 e. The molecule has 1 fully saturated rings. The fourth-order valence-corrected chi connectivity index (χ4v) is 3.64. The van der Waals surface area contributed by atoms with E-state index >= 15 is 0 Å². The van der Waals surface area contributed by atoms with E-state index in [4.69, 9.17) is 5.11 Å². The summed E-state index contributed by atoms with van der Waals surface area (Å²) < 4.78 is 22.7. The van der Waals surface area contributed by atoms with Crippen molar-refractivity contribution in [2.24, 2.45) is 0 Å². The third kappa shape index (κ3) is 3.59. The van der Waals surface area contributed by atoms with Crippen LogP contribution < -0.4 is 5.32 Å². The molecule has 2 amide bonds. The predicted octanol–water partition coefficient (Wildman–Crippen LogP) is 0.0682. The highest BCUT2D eigenvalue weighted by Gasteiger charge is 2.37. The van der Waals surface area contributed by atoms with Crippen molar-refractivity contribution in [1.82, 2.24) is 10.2 Å². The van der Waals surface area contributed by atoms with E-state index in [1.807, 2.05) is 0 Å². The molecule has 1 rings (SSSR count). The van der Waals surface area contributed by atoms with E-state index in [9.17, 15) is 18.0 Å². The fourth-order valence-electron chi connectivity index (χ4n) is 1.86. The molecule has 8 heteroatoms. The van der Waals surface area contributed by atoms with Crippen LogP contribution in [-0.2, 0) is 14.6 Å². The van der Waals surface area contributed by atoms with Crippen molar-refractivity contribution in [2.75, 3.05) is 18.6 Å². The molecule has 0 spiro atoms. The van der Waals surface area contributed by atoms with Gasteiger partial charge in [0, 0.05) is 13.1 Å². The van der Waals surface area contributed by atoms with Crippen LogP contribution in [0.1, 0.15) is 26.7 Å². The Kier molecular flexibility index (Phi) is 4.44. The van der Waals surface area contributed by atoms with Gasteiger partial charge in [-0.15, -0.1) is 0 Å². The van der Waals surface area contributed by atoms with E-state index < -0.39 is 27.4 Å². The van der Waals surface area contributed by atoms with Crippen LogP contribution in [0.15, 0.2) is 0 Å². The molecule has 1 heterocycles. The third-order valence-corrected chi connectivity index (χ3v) is 5.39. The van der Waals surface area contributed by atoms with Crippen LogP contribution >= 0.6 is 0 Å². The van der Waals surface area contributed by atoms with E-state index in [2.05, 4.69) is 5.32 Å². The van der Waals surface area contributed by atoms with Crippen LogP contribution in [0.3, 0.4) is 0 Å². The molecular weight excluding hydrogens is 272 g/mol. The second-order valence-corrected chi connectivity index (χ2v) is 7.32. The molecule has 0 aromatic carbocycles. The van der Waals surface area contributed by atoms with Crippen molar-refractivity contribution in [3.8, 4) is 0 Å². The average molecular weight is 292 g/mol. The number of carboxylic acid groups (broad SMARTS) is 1. The summed E-state index contributed by atoms with van der Waals surface area (Å²) >= 11 is 0. The van der Waals surface area contributed by atoms with Crippen LogP contribution in [-0.4, -0.2) is 60.6 Å². The number of carboxylic acids is 1. The number of carbonyl (C=O) groups excluding carboxylic acids is 1. The zero-order valence-electron chi connectivity index (χ0n) is 11.3. The van der Waals surface area contributed by atoms with Crippen LogP contribution in [0.4, 0.5) is 4.79 Å². The van der Waals surface area contributed by atoms with Crippen LogP contribution in [0, 0.1) is 0 Å². The Morgan fingerprint density at radius 2 is 2.05 bits per heavy atom. The van der Waals surface area contributed by atoms with Crippen molar-refractivity contribution in [3.05, 3.63) is 0 Å². The zero-order chi connectivity index (χ0) is 14.8. The molecule has 0 bridgehead atoms.